The van der Waals surface area contributed by atoms with Crippen LogP contribution in [0.1, 0.15) is 11.1 Å². The van der Waals surface area contributed by atoms with Gasteiger partial charge in [-0.05, 0) is 32.7 Å². The van der Waals surface area contributed by atoms with Crippen molar-refractivity contribution >= 4 is 21.6 Å². The number of hydrogen-bond acceptors (Lipinski definition) is 8. The fourth-order valence-electron chi connectivity index (χ4n) is 3.37. The fourth-order valence-corrected chi connectivity index (χ4v) is 5.85. The Balaban J connectivity index is 1.90. The van der Waals surface area contributed by atoms with E-state index in [2.05, 4.69) is 9.97 Å². The van der Waals surface area contributed by atoms with Crippen molar-refractivity contribution in [2.24, 2.45) is 0 Å². The van der Waals surface area contributed by atoms with Gasteiger partial charge in [0.2, 0.25) is 11.8 Å². The van der Waals surface area contributed by atoms with Crippen LogP contribution in [0.5, 0.6) is 11.8 Å². The first-order chi connectivity index (χ1) is 16.5. The Morgan fingerprint density at radius 3 is 1.32 bits per heavy atom. The summed E-state index contributed by atoms with van der Waals surface area (Å²) in [6.45, 7) is 0. The first-order valence-corrected chi connectivity index (χ1v) is 11.8. The van der Waals surface area contributed by atoms with Gasteiger partial charge in [0.25, 0.3) is 11.1 Å². The van der Waals surface area contributed by atoms with E-state index in [1.165, 1.54) is 0 Å². The summed E-state index contributed by atoms with van der Waals surface area (Å²) in [5, 5.41) is 39.6. The van der Waals surface area contributed by atoms with Gasteiger partial charge in [-0.3, -0.25) is 19.6 Å². The highest BCUT2D eigenvalue weighted by Gasteiger charge is 2.24. The third-order valence-corrected chi connectivity index (χ3v) is 7.31. The van der Waals surface area contributed by atoms with E-state index in [0.29, 0.717) is 11.1 Å². The number of hydrogen-bond donors (Lipinski definition) is 4. The Morgan fingerprint density at radius 1 is 0.647 bits per heavy atom. The second-order valence-electron chi connectivity index (χ2n) is 6.89. The number of aromatic nitrogens is 2. The molecule has 0 bridgehead atoms. The van der Waals surface area contributed by atoms with Gasteiger partial charge in [-0.2, -0.15) is 10.5 Å². The van der Waals surface area contributed by atoms with Gasteiger partial charge >= 0.3 is 0 Å². The molecule has 0 saturated heterocycles. The zero-order valence-electron chi connectivity index (χ0n) is 17.2. The van der Waals surface area contributed by atoms with Gasteiger partial charge in [0.05, 0.1) is 9.79 Å². The van der Waals surface area contributed by atoms with E-state index in [1.54, 1.807) is 60.7 Å². The first kappa shape index (κ1) is 22.8. The van der Waals surface area contributed by atoms with Crippen LogP contribution in [-0.4, -0.2) is 20.2 Å². The third kappa shape index (κ3) is 4.16. The second-order valence-corrected chi connectivity index (χ2v) is 9.04. The summed E-state index contributed by atoms with van der Waals surface area (Å²) >= 11 is 0. The lowest BCUT2D eigenvalue weighted by molar-refractivity contribution is 0.448. The normalized spacial score (nSPS) is 10.4. The highest BCUT2D eigenvalue weighted by atomic mass is 33.1. The smallest absolute Gasteiger partial charge is 0.265 e. The number of nitrogens with one attached hydrogen (secondary N) is 2. The number of nitriles is 2. The second kappa shape index (κ2) is 9.63. The minimum Gasteiger partial charge on any atom is -0.494 e. The summed E-state index contributed by atoms with van der Waals surface area (Å²) in [4.78, 5) is 30.3. The summed E-state index contributed by atoms with van der Waals surface area (Å²) in [7, 11) is 1.82. The van der Waals surface area contributed by atoms with Gasteiger partial charge in [0.1, 0.15) is 23.3 Å². The molecule has 0 aliphatic heterocycles. The number of H-pyrrole nitrogens is 2. The molecule has 8 nitrogen and oxygen atoms in total. The SMILES string of the molecule is N#Cc1c(O)[nH]c(=O)c(SSc2c(-c3ccccc3)c(C#N)c(O)[nH]c2=O)c1-c1ccccc1. The van der Waals surface area contributed by atoms with Crippen LogP contribution in [0.3, 0.4) is 0 Å². The molecule has 2 aromatic heterocycles. The lowest BCUT2D eigenvalue weighted by Gasteiger charge is -2.13. The average molecular weight is 487 g/mol. The Kier molecular flexibility index (Phi) is 6.46. The van der Waals surface area contributed by atoms with Crippen molar-refractivity contribution in [1.29, 1.82) is 10.5 Å². The maximum absolute atomic E-state index is 12.8. The van der Waals surface area contributed by atoms with E-state index >= 15 is 0 Å². The molecule has 0 aliphatic carbocycles. The van der Waals surface area contributed by atoms with Gasteiger partial charge in [0, 0.05) is 11.1 Å². The molecule has 2 aromatic carbocycles. The van der Waals surface area contributed by atoms with Crippen molar-refractivity contribution in [3.8, 4) is 46.2 Å². The van der Waals surface area contributed by atoms with Gasteiger partial charge in [-0.1, -0.05) is 60.7 Å². The Labute approximate surface area is 200 Å². The van der Waals surface area contributed by atoms with Crippen molar-refractivity contribution in [1.82, 2.24) is 9.97 Å². The molecule has 10 heteroatoms. The lowest BCUT2D eigenvalue weighted by Crippen LogP contribution is -2.13. The van der Waals surface area contributed by atoms with Gasteiger partial charge in [0.15, 0.2) is 0 Å². The number of aromatic amines is 2. The fraction of sp³-hybridized carbons (Fsp3) is 0. The zero-order valence-corrected chi connectivity index (χ0v) is 18.8. The molecule has 0 fully saturated rings. The highest BCUT2D eigenvalue weighted by molar-refractivity contribution is 8.76. The molecule has 4 N–H and O–H groups in total. The van der Waals surface area contributed by atoms with Crippen molar-refractivity contribution in [2.45, 2.75) is 9.79 Å². The lowest BCUT2D eigenvalue weighted by atomic mass is 10.0. The molecular weight excluding hydrogens is 472 g/mol. The predicted octanol–water partition coefficient (Wildman–Crippen LogP) is 4.35. The van der Waals surface area contributed by atoms with Crippen LogP contribution in [-0.2, 0) is 0 Å². The average Bonchev–Trinajstić information content (AvgIpc) is 2.84. The summed E-state index contributed by atoms with van der Waals surface area (Å²) < 4.78 is 0. The molecule has 0 atom stereocenters. The monoisotopic (exact) mass is 486 g/mol. The van der Waals surface area contributed by atoms with E-state index in [9.17, 15) is 30.3 Å². The van der Waals surface area contributed by atoms with Crippen LogP contribution in [0, 0.1) is 22.7 Å². The Morgan fingerprint density at radius 2 is 1.00 bits per heavy atom. The van der Waals surface area contributed by atoms with Crippen molar-refractivity contribution in [2.75, 3.05) is 0 Å². The largest absolute Gasteiger partial charge is 0.494 e. The Hall–Kier alpha value is -4.38. The van der Waals surface area contributed by atoms with Crippen molar-refractivity contribution in [3.63, 3.8) is 0 Å². The van der Waals surface area contributed by atoms with E-state index in [4.69, 9.17) is 0 Å². The molecule has 0 radical (unpaired) electrons. The molecule has 0 unspecified atom stereocenters. The van der Waals surface area contributed by atoms with Crippen molar-refractivity contribution < 1.29 is 10.2 Å². The number of nitrogens with zero attached hydrogens (tertiary/aromatic N) is 2. The highest BCUT2D eigenvalue weighted by Crippen LogP contribution is 2.45. The van der Waals surface area contributed by atoms with Crippen LogP contribution in [0.25, 0.3) is 22.3 Å². The Bertz CT molecular complexity index is 1460. The number of benzene rings is 2. The summed E-state index contributed by atoms with van der Waals surface area (Å²) in [6.07, 6.45) is 0. The zero-order chi connectivity index (χ0) is 24.2. The molecule has 0 saturated carbocycles. The number of rotatable bonds is 5. The molecular formula is C24H14N4O4S2. The predicted molar refractivity (Wildman–Crippen MR) is 129 cm³/mol. The van der Waals surface area contributed by atoms with Crippen LogP contribution in [0.4, 0.5) is 0 Å². The van der Waals surface area contributed by atoms with E-state index in [0.717, 1.165) is 21.6 Å². The van der Waals surface area contributed by atoms with E-state index < -0.39 is 22.9 Å². The maximum atomic E-state index is 12.8. The third-order valence-electron chi connectivity index (χ3n) is 4.86. The first-order valence-electron chi connectivity index (χ1n) is 9.70. The minimum atomic E-state index is -0.648. The van der Waals surface area contributed by atoms with Gasteiger partial charge < -0.3 is 10.2 Å². The van der Waals surface area contributed by atoms with E-state index in [-0.39, 0.29) is 32.0 Å². The molecule has 2 heterocycles. The quantitative estimate of drug-likeness (QED) is 0.304. The van der Waals surface area contributed by atoms with Crippen LogP contribution < -0.4 is 11.1 Å². The topological polar surface area (TPSA) is 154 Å². The van der Waals surface area contributed by atoms with E-state index in [1.807, 2.05) is 12.1 Å². The molecule has 0 amide bonds. The molecule has 166 valence electrons. The van der Waals surface area contributed by atoms with Gasteiger partial charge in [-0.15, -0.1) is 0 Å². The minimum absolute atomic E-state index is 0.0931. The molecule has 4 rings (SSSR count). The molecule has 0 spiro atoms. The summed E-state index contributed by atoms with van der Waals surface area (Å²) in [5.74, 6) is -1.11. The van der Waals surface area contributed by atoms with Crippen molar-refractivity contribution in [3.05, 3.63) is 92.5 Å². The maximum Gasteiger partial charge on any atom is 0.265 e. The van der Waals surface area contributed by atoms with Crippen LogP contribution in [0.15, 0.2) is 80.0 Å². The molecule has 34 heavy (non-hydrogen) atoms. The standard InChI is InChI=1S/C24H14N4O4S2/c25-11-15-17(13-7-3-1-4-8-13)19(23(31)27-21(15)29)33-34-20-18(14-9-5-2-6-10-14)16(12-26)22(30)28-24(20)32/h1-10H,(H2,27,29,31)(H2,28,30,32). The van der Waals surface area contributed by atoms with Crippen LogP contribution in [0.2, 0.25) is 0 Å². The number of aromatic hydroxyl groups is 2. The van der Waals surface area contributed by atoms with Gasteiger partial charge in [-0.25, -0.2) is 0 Å². The number of pyridine rings is 2. The van der Waals surface area contributed by atoms with Crippen LogP contribution >= 0.6 is 21.6 Å². The molecule has 4 aromatic rings. The summed E-state index contributed by atoms with van der Waals surface area (Å²) in [6, 6.07) is 21.1. The molecule has 0 aliphatic rings. The summed E-state index contributed by atoms with van der Waals surface area (Å²) in [5.41, 5.74) is -0.0235.